The molecule has 2 heterocycles. The van der Waals surface area contributed by atoms with Gasteiger partial charge in [-0.15, -0.1) is 11.3 Å². The molecule has 33 heavy (non-hydrogen) atoms. The molecule has 0 fully saturated rings. The van der Waals surface area contributed by atoms with Gasteiger partial charge < -0.3 is 15.0 Å². The number of carbonyl (C=O) groups is 2. The summed E-state index contributed by atoms with van der Waals surface area (Å²) in [7, 11) is 0. The van der Waals surface area contributed by atoms with Crippen LogP contribution in [0.1, 0.15) is 64.1 Å². The van der Waals surface area contributed by atoms with Crippen molar-refractivity contribution in [2.24, 2.45) is 0 Å². The van der Waals surface area contributed by atoms with E-state index in [4.69, 9.17) is 4.74 Å². The summed E-state index contributed by atoms with van der Waals surface area (Å²) in [5.74, 6) is 0.708. The van der Waals surface area contributed by atoms with Gasteiger partial charge in [-0.05, 0) is 49.1 Å². The highest BCUT2D eigenvalue weighted by atomic mass is 32.1. The molecule has 0 spiro atoms. The maximum Gasteiger partial charge on any atom is 0.270 e. The minimum absolute atomic E-state index is 0.130. The van der Waals surface area contributed by atoms with Gasteiger partial charge in [0.1, 0.15) is 23.1 Å². The van der Waals surface area contributed by atoms with Gasteiger partial charge in [-0.3, -0.25) is 9.59 Å². The zero-order chi connectivity index (χ0) is 23.4. The van der Waals surface area contributed by atoms with Gasteiger partial charge in [-0.25, -0.2) is 4.98 Å². The Morgan fingerprint density at radius 1 is 1.18 bits per heavy atom. The van der Waals surface area contributed by atoms with Crippen molar-refractivity contribution < 1.29 is 14.3 Å². The molecule has 6 nitrogen and oxygen atoms in total. The van der Waals surface area contributed by atoms with Crippen LogP contribution in [0.25, 0.3) is 0 Å². The van der Waals surface area contributed by atoms with Crippen LogP contribution in [0.4, 0.5) is 0 Å². The van der Waals surface area contributed by atoms with Crippen molar-refractivity contribution in [3.8, 4) is 5.75 Å². The first-order valence-corrected chi connectivity index (χ1v) is 12.2. The van der Waals surface area contributed by atoms with Crippen LogP contribution in [-0.2, 0) is 17.8 Å². The molecule has 7 heteroatoms. The Balaban J connectivity index is 1.59. The fourth-order valence-electron chi connectivity index (χ4n) is 4.14. The summed E-state index contributed by atoms with van der Waals surface area (Å²) < 4.78 is 6.05. The number of hydrogen-bond donors (Lipinski definition) is 1. The summed E-state index contributed by atoms with van der Waals surface area (Å²) in [4.78, 5) is 31.1. The van der Waals surface area contributed by atoms with E-state index in [1.54, 1.807) is 5.38 Å². The van der Waals surface area contributed by atoms with Crippen molar-refractivity contribution in [1.29, 1.82) is 0 Å². The van der Waals surface area contributed by atoms with Crippen molar-refractivity contribution in [3.63, 3.8) is 0 Å². The average molecular weight is 464 g/mol. The fraction of sp³-hybridized carbons (Fsp3) is 0.346. The smallest absolute Gasteiger partial charge is 0.270 e. The van der Waals surface area contributed by atoms with E-state index in [0.29, 0.717) is 25.2 Å². The molecule has 0 aliphatic carbocycles. The number of aromatic nitrogens is 1. The lowest BCUT2D eigenvalue weighted by molar-refractivity contribution is -0.132. The number of hydrogen-bond acceptors (Lipinski definition) is 5. The van der Waals surface area contributed by atoms with Crippen molar-refractivity contribution >= 4 is 23.2 Å². The monoisotopic (exact) mass is 463 g/mol. The number of nitrogens with one attached hydrogen (secondary N) is 1. The highest BCUT2D eigenvalue weighted by molar-refractivity contribution is 7.09. The van der Waals surface area contributed by atoms with Crippen molar-refractivity contribution in [1.82, 2.24) is 15.2 Å². The minimum atomic E-state index is -0.171. The van der Waals surface area contributed by atoms with Crippen LogP contribution >= 0.6 is 11.3 Å². The SMILES string of the molecule is CCNC(=O)c1csc(COc2ccc3c(c2)C(c2ccc(C)cc2)N(C(=O)CC)CC3)n1. The van der Waals surface area contributed by atoms with Gasteiger partial charge in [0.05, 0.1) is 6.04 Å². The molecule has 3 aromatic rings. The van der Waals surface area contributed by atoms with Crippen LogP contribution in [0.3, 0.4) is 0 Å². The number of nitrogens with zero attached hydrogens (tertiary/aromatic N) is 2. The van der Waals surface area contributed by atoms with E-state index in [2.05, 4.69) is 47.6 Å². The van der Waals surface area contributed by atoms with Crippen molar-refractivity contribution in [3.05, 3.63) is 80.8 Å². The molecule has 172 valence electrons. The molecule has 0 saturated carbocycles. The third-order valence-electron chi connectivity index (χ3n) is 5.85. The second-order valence-corrected chi connectivity index (χ2v) is 9.08. The molecule has 0 saturated heterocycles. The largest absolute Gasteiger partial charge is 0.486 e. The normalized spacial score (nSPS) is 15.1. The number of rotatable bonds is 7. The van der Waals surface area contributed by atoms with E-state index in [-0.39, 0.29) is 24.5 Å². The number of ether oxygens (including phenoxy) is 1. The summed E-state index contributed by atoms with van der Waals surface area (Å²) in [6.45, 7) is 7.42. The van der Waals surface area contributed by atoms with Gasteiger partial charge in [0.15, 0.2) is 0 Å². The molecule has 1 unspecified atom stereocenters. The van der Waals surface area contributed by atoms with Gasteiger partial charge >= 0.3 is 0 Å². The first-order valence-electron chi connectivity index (χ1n) is 11.3. The third kappa shape index (κ3) is 5.09. The van der Waals surface area contributed by atoms with Crippen LogP contribution in [0.15, 0.2) is 47.8 Å². The van der Waals surface area contributed by atoms with E-state index >= 15 is 0 Å². The first kappa shape index (κ1) is 23.0. The molecular formula is C26H29N3O3S. The van der Waals surface area contributed by atoms with Gasteiger partial charge in [-0.2, -0.15) is 0 Å². The number of amides is 2. The summed E-state index contributed by atoms with van der Waals surface area (Å²) in [5.41, 5.74) is 5.05. The molecule has 2 aromatic carbocycles. The summed E-state index contributed by atoms with van der Waals surface area (Å²) in [6.07, 6.45) is 1.30. The lowest BCUT2D eigenvalue weighted by Gasteiger charge is -2.38. The Morgan fingerprint density at radius 3 is 2.70 bits per heavy atom. The highest BCUT2D eigenvalue weighted by Crippen LogP contribution is 2.37. The van der Waals surface area contributed by atoms with Crippen LogP contribution in [0, 0.1) is 6.92 Å². The quantitative estimate of drug-likeness (QED) is 0.553. The molecule has 1 aromatic heterocycles. The molecule has 4 rings (SSSR count). The average Bonchev–Trinajstić information content (AvgIpc) is 3.31. The lowest BCUT2D eigenvalue weighted by atomic mass is 9.87. The third-order valence-corrected chi connectivity index (χ3v) is 6.67. The minimum Gasteiger partial charge on any atom is -0.486 e. The Labute approximate surface area is 198 Å². The van der Waals surface area contributed by atoms with Gasteiger partial charge in [0, 0.05) is 24.9 Å². The Bertz CT molecular complexity index is 1140. The topological polar surface area (TPSA) is 71.5 Å². The number of thiazole rings is 1. The molecule has 1 atom stereocenters. The lowest BCUT2D eigenvalue weighted by Crippen LogP contribution is -2.40. The molecule has 2 amide bonds. The van der Waals surface area contributed by atoms with Gasteiger partial charge in [-0.1, -0.05) is 42.8 Å². The number of carbonyl (C=O) groups excluding carboxylic acids is 2. The molecule has 1 aliphatic rings. The predicted molar refractivity (Wildman–Crippen MR) is 130 cm³/mol. The van der Waals surface area contributed by atoms with Crippen molar-refractivity contribution in [2.45, 2.75) is 46.3 Å². The zero-order valence-electron chi connectivity index (χ0n) is 19.3. The number of aryl methyl sites for hydroxylation is 1. The van der Waals surface area contributed by atoms with Crippen LogP contribution < -0.4 is 10.1 Å². The maximum absolute atomic E-state index is 12.8. The summed E-state index contributed by atoms with van der Waals surface area (Å²) in [6, 6.07) is 14.4. The Morgan fingerprint density at radius 2 is 1.97 bits per heavy atom. The molecule has 0 bridgehead atoms. The zero-order valence-corrected chi connectivity index (χ0v) is 20.1. The Kier molecular flexibility index (Phi) is 7.08. The van der Waals surface area contributed by atoms with E-state index in [1.807, 2.05) is 30.9 Å². The first-order chi connectivity index (χ1) is 16.0. The number of benzene rings is 2. The molecule has 1 aliphatic heterocycles. The summed E-state index contributed by atoms with van der Waals surface area (Å²) in [5, 5.41) is 5.25. The highest BCUT2D eigenvalue weighted by Gasteiger charge is 2.31. The fourth-order valence-corrected chi connectivity index (χ4v) is 4.83. The number of fused-ring (bicyclic) bond motifs is 1. The summed E-state index contributed by atoms with van der Waals surface area (Å²) >= 11 is 1.41. The van der Waals surface area contributed by atoms with E-state index in [1.165, 1.54) is 22.5 Å². The van der Waals surface area contributed by atoms with Crippen LogP contribution in [0.5, 0.6) is 5.75 Å². The Hall–Kier alpha value is -3.19. The van der Waals surface area contributed by atoms with E-state index < -0.39 is 0 Å². The predicted octanol–water partition coefficient (Wildman–Crippen LogP) is 4.66. The molecular weight excluding hydrogens is 434 g/mol. The van der Waals surface area contributed by atoms with Crippen LogP contribution in [-0.4, -0.2) is 34.8 Å². The van der Waals surface area contributed by atoms with Gasteiger partial charge in [0.25, 0.3) is 5.91 Å². The molecule has 1 N–H and O–H groups in total. The van der Waals surface area contributed by atoms with E-state index in [0.717, 1.165) is 28.3 Å². The van der Waals surface area contributed by atoms with E-state index in [9.17, 15) is 9.59 Å². The second kappa shape index (κ2) is 10.2. The van der Waals surface area contributed by atoms with Crippen molar-refractivity contribution in [2.75, 3.05) is 13.1 Å². The van der Waals surface area contributed by atoms with Gasteiger partial charge in [0.2, 0.25) is 5.91 Å². The standard InChI is InChI=1S/C26H29N3O3S/c1-4-24(30)29-13-12-18-10-11-20(14-21(18)25(29)19-8-6-17(3)7-9-19)32-15-23-28-22(16-33-23)26(31)27-5-2/h6-11,14,16,25H,4-5,12-13,15H2,1-3H3,(H,27,31). The second-order valence-electron chi connectivity index (χ2n) is 8.14. The maximum atomic E-state index is 12.8. The van der Waals surface area contributed by atoms with Crippen LogP contribution in [0.2, 0.25) is 0 Å². The molecule has 0 radical (unpaired) electrons.